The van der Waals surface area contributed by atoms with Crippen molar-refractivity contribution in [1.29, 1.82) is 0 Å². The Morgan fingerprint density at radius 3 is 2.79 bits per heavy atom. The lowest BCUT2D eigenvalue weighted by Crippen LogP contribution is -2.16. The van der Waals surface area contributed by atoms with Gasteiger partial charge in [0.15, 0.2) is 0 Å². The molecule has 0 fully saturated rings. The van der Waals surface area contributed by atoms with E-state index in [0.717, 1.165) is 12.2 Å². The summed E-state index contributed by atoms with van der Waals surface area (Å²) in [6.07, 6.45) is 0. The minimum atomic E-state index is 0.0532. The highest BCUT2D eigenvalue weighted by atomic mass is 16.4. The van der Waals surface area contributed by atoms with Crippen LogP contribution >= 0.6 is 0 Å². The fraction of sp³-hybridized carbons (Fsp3) is 0.429. The van der Waals surface area contributed by atoms with Crippen LogP contribution in [-0.4, -0.2) is 23.8 Å². The summed E-state index contributed by atoms with van der Waals surface area (Å²) in [4.78, 5) is 2.01. The number of hydrogen-bond donors (Lipinski definition) is 1. The molecule has 0 amide bonds. The Morgan fingerprint density at radius 2 is 2.16 bits per heavy atom. The summed E-state index contributed by atoms with van der Waals surface area (Å²) < 4.78 is 5.72. The van der Waals surface area contributed by atoms with Gasteiger partial charge in [-0.05, 0) is 45.5 Å². The lowest BCUT2D eigenvalue weighted by atomic mass is 10.2. The summed E-state index contributed by atoms with van der Waals surface area (Å²) in [7, 11) is 1.87. The van der Waals surface area contributed by atoms with Crippen molar-refractivity contribution in [2.24, 2.45) is 0 Å². The first kappa shape index (κ1) is 13.5. The second kappa shape index (κ2) is 5.84. The molecule has 102 valence electrons. The topological polar surface area (TPSA) is 54.2 Å². The van der Waals surface area contributed by atoms with Crippen LogP contribution in [0.3, 0.4) is 0 Å². The average molecular weight is 260 g/mol. The molecule has 0 aliphatic carbocycles. The van der Waals surface area contributed by atoms with Crippen LogP contribution in [0.1, 0.15) is 31.3 Å². The van der Waals surface area contributed by atoms with Gasteiger partial charge in [-0.1, -0.05) is 17.2 Å². The van der Waals surface area contributed by atoms with E-state index in [0.29, 0.717) is 11.9 Å². The second-order valence-corrected chi connectivity index (χ2v) is 4.52. The van der Waals surface area contributed by atoms with Crippen molar-refractivity contribution in [2.45, 2.75) is 26.8 Å². The van der Waals surface area contributed by atoms with Crippen LogP contribution in [0.2, 0.25) is 0 Å². The van der Waals surface area contributed by atoms with Gasteiger partial charge in [0.25, 0.3) is 0 Å². The van der Waals surface area contributed by atoms with E-state index in [1.165, 1.54) is 5.56 Å². The standard InChI is InChI=1S/C14H20N4O/c1-5-18(12-8-6-7-10(2)9-12)14-17-16-13(19-14)11(3)15-4/h6-9,11,15H,5H2,1-4H3. The zero-order valence-corrected chi connectivity index (χ0v) is 11.8. The van der Waals surface area contributed by atoms with Crippen LogP contribution in [0.4, 0.5) is 11.7 Å². The van der Waals surface area contributed by atoms with Crippen LogP contribution in [0.15, 0.2) is 28.7 Å². The maximum atomic E-state index is 5.72. The molecule has 5 nitrogen and oxygen atoms in total. The van der Waals surface area contributed by atoms with Crippen molar-refractivity contribution in [3.63, 3.8) is 0 Å². The number of nitrogens with one attached hydrogen (secondary N) is 1. The molecule has 0 bridgehead atoms. The largest absolute Gasteiger partial charge is 0.406 e. The number of anilines is 2. The maximum absolute atomic E-state index is 5.72. The van der Waals surface area contributed by atoms with Gasteiger partial charge in [0.2, 0.25) is 5.89 Å². The summed E-state index contributed by atoms with van der Waals surface area (Å²) in [6.45, 7) is 6.90. The Kier molecular flexibility index (Phi) is 4.16. The Hall–Kier alpha value is -1.88. The third kappa shape index (κ3) is 2.93. The highest BCUT2D eigenvalue weighted by Gasteiger charge is 2.17. The van der Waals surface area contributed by atoms with E-state index in [1.807, 2.05) is 31.0 Å². The molecule has 5 heteroatoms. The molecule has 1 N–H and O–H groups in total. The highest BCUT2D eigenvalue weighted by molar-refractivity contribution is 5.56. The molecular weight excluding hydrogens is 240 g/mol. The van der Waals surface area contributed by atoms with Gasteiger partial charge in [-0.2, -0.15) is 0 Å². The Morgan fingerprint density at radius 1 is 1.37 bits per heavy atom. The predicted octanol–water partition coefficient (Wildman–Crippen LogP) is 2.82. The molecule has 0 spiro atoms. The van der Waals surface area contributed by atoms with Crippen molar-refractivity contribution in [2.75, 3.05) is 18.5 Å². The lowest BCUT2D eigenvalue weighted by molar-refractivity contribution is 0.435. The number of hydrogen-bond acceptors (Lipinski definition) is 5. The molecule has 2 rings (SSSR count). The van der Waals surface area contributed by atoms with Crippen LogP contribution in [0, 0.1) is 6.92 Å². The molecule has 19 heavy (non-hydrogen) atoms. The number of benzene rings is 1. The van der Waals surface area contributed by atoms with Crippen molar-refractivity contribution < 1.29 is 4.42 Å². The van der Waals surface area contributed by atoms with Crippen LogP contribution in [-0.2, 0) is 0 Å². The van der Waals surface area contributed by atoms with Crippen LogP contribution in [0.5, 0.6) is 0 Å². The molecule has 0 saturated carbocycles. The molecule has 0 radical (unpaired) electrons. The van der Waals surface area contributed by atoms with E-state index in [4.69, 9.17) is 4.42 Å². The zero-order valence-electron chi connectivity index (χ0n) is 11.8. The third-order valence-electron chi connectivity index (χ3n) is 3.09. The van der Waals surface area contributed by atoms with Gasteiger partial charge < -0.3 is 9.73 Å². The van der Waals surface area contributed by atoms with Crippen molar-refractivity contribution in [3.05, 3.63) is 35.7 Å². The van der Waals surface area contributed by atoms with Gasteiger partial charge in [-0.25, -0.2) is 0 Å². The quantitative estimate of drug-likeness (QED) is 0.896. The average Bonchev–Trinajstić information content (AvgIpc) is 2.88. The maximum Gasteiger partial charge on any atom is 0.322 e. The fourth-order valence-corrected chi connectivity index (χ4v) is 1.86. The van der Waals surface area contributed by atoms with E-state index in [-0.39, 0.29) is 6.04 Å². The number of aryl methyl sites for hydroxylation is 1. The number of nitrogens with zero attached hydrogens (tertiary/aromatic N) is 3. The van der Waals surface area contributed by atoms with Gasteiger partial charge in [-0.15, -0.1) is 5.10 Å². The van der Waals surface area contributed by atoms with Gasteiger partial charge >= 0.3 is 6.01 Å². The first-order valence-electron chi connectivity index (χ1n) is 6.50. The normalized spacial score (nSPS) is 12.4. The highest BCUT2D eigenvalue weighted by Crippen LogP contribution is 2.25. The Bertz CT molecular complexity index is 538. The minimum Gasteiger partial charge on any atom is -0.406 e. The van der Waals surface area contributed by atoms with E-state index < -0.39 is 0 Å². The molecule has 2 aromatic rings. The summed E-state index contributed by atoms with van der Waals surface area (Å²) >= 11 is 0. The predicted molar refractivity (Wildman–Crippen MR) is 75.6 cm³/mol. The zero-order chi connectivity index (χ0) is 13.8. The molecule has 1 unspecified atom stereocenters. The van der Waals surface area contributed by atoms with Crippen LogP contribution in [0.25, 0.3) is 0 Å². The Labute approximate surface area is 113 Å². The fourth-order valence-electron chi connectivity index (χ4n) is 1.86. The summed E-state index contributed by atoms with van der Waals surface area (Å²) in [6, 6.07) is 8.83. The van der Waals surface area contributed by atoms with E-state index in [9.17, 15) is 0 Å². The second-order valence-electron chi connectivity index (χ2n) is 4.52. The molecule has 1 aromatic heterocycles. The number of rotatable bonds is 5. The first-order chi connectivity index (χ1) is 9.15. The van der Waals surface area contributed by atoms with E-state index in [1.54, 1.807) is 0 Å². The molecule has 1 aromatic carbocycles. The monoisotopic (exact) mass is 260 g/mol. The summed E-state index contributed by atoms with van der Waals surface area (Å²) in [5, 5.41) is 11.3. The summed E-state index contributed by atoms with van der Waals surface area (Å²) in [5.74, 6) is 0.601. The number of aromatic nitrogens is 2. The Balaban J connectivity index is 2.29. The molecule has 1 atom stereocenters. The molecule has 0 aliphatic heterocycles. The van der Waals surface area contributed by atoms with Crippen molar-refractivity contribution in [1.82, 2.24) is 15.5 Å². The van der Waals surface area contributed by atoms with Gasteiger partial charge in [-0.3, -0.25) is 4.90 Å². The van der Waals surface area contributed by atoms with E-state index >= 15 is 0 Å². The SMILES string of the molecule is CCN(c1cccc(C)c1)c1nnc(C(C)NC)o1. The van der Waals surface area contributed by atoms with Gasteiger partial charge in [0.1, 0.15) is 0 Å². The lowest BCUT2D eigenvalue weighted by Gasteiger charge is -2.18. The van der Waals surface area contributed by atoms with Gasteiger partial charge in [0.05, 0.1) is 6.04 Å². The minimum absolute atomic E-state index is 0.0532. The molecule has 1 heterocycles. The molecular formula is C14H20N4O. The van der Waals surface area contributed by atoms with Gasteiger partial charge in [0, 0.05) is 12.2 Å². The van der Waals surface area contributed by atoms with Crippen molar-refractivity contribution >= 4 is 11.7 Å². The van der Waals surface area contributed by atoms with Crippen LogP contribution < -0.4 is 10.2 Å². The van der Waals surface area contributed by atoms with Crippen molar-refractivity contribution in [3.8, 4) is 0 Å². The third-order valence-corrected chi connectivity index (χ3v) is 3.09. The summed E-state index contributed by atoms with van der Waals surface area (Å²) in [5.41, 5.74) is 2.27. The van der Waals surface area contributed by atoms with E-state index in [2.05, 4.69) is 41.5 Å². The first-order valence-corrected chi connectivity index (χ1v) is 6.50. The molecule has 0 saturated heterocycles. The smallest absolute Gasteiger partial charge is 0.322 e. The molecule has 0 aliphatic rings.